The maximum Gasteiger partial charge on any atom is 0.265 e. The number of anilines is 1. The van der Waals surface area contributed by atoms with Gasteiger partial charge in [0.05, 0.1) is 25.5 Å². The van der Waals surface area contributed by atoms with E-state index in [1.54, 1.807) is 12.1 Å². The predicted molar refractivity (Wildman–Crippen MR) is 113 cm³/mol. The van der Waals surface area contributed by atoms with Gasteiger partial charge in [0.25, 0.3) is 10.0 Å². The summed E-state index contributed by atoms with van der Waals surface area (Å²) < 4.78 is 38.3. The molecule has 0 unspecified atom stereocenters. The van der Waals surface area contributed by atoms with Crippen LogP contribution in [0.3, 0.4) is 0 Å². The van der Waals surface area contributed by atoms with E-state index in [4.69, 9.17) is 9.47 Å². The second-order valence-corrected chi connectivity index (χ2v) is 8.52. The molecular weight excluding hydrogens is 438 g/mol. The molecule has 0 aromatic heterocycles. The lowest BCUT2D eigenvalue weighted by molar-refractivity contribution is 0.0976. The SMILES string of the molecule is COc1ccc(S(=O)(=O)Nc2cc3c(c(O)c2O)C(=O)c2ccccc2C3=O)c(OC)c1. The summed E-state index contributed by atoms with van der Waals surface area (Å²) in [5.41, 5.74) is -0.907. The fraction of sp³-hybridized carbons (Fsp3) is 0.0909. The van der Waals surface area contributed by atoms with Crippen LogP contribution < -0.4 is 14.2 Å². The zero-order chi connectivity index (χ0) is 23.2. The van der Waals surface area contributed by atoms with E-state index >= 15 is 0 Å². The molecule has 3 aromatic carbocycles. The van der Waals surface area contributed by atoms with E-state index in [0.717, 1.165) is 6.07 Å². The van der Waals surface area contributed by atoms with Crippen LogP contribution in [-0.4, -0.2) is 44.4 Å². The normalized spacial score (nSPS) is 12.7. The number of sulfonamides is 1. The number of nitrogens with one attached hydrogen (secondary N) is 1. The van der Waals surface area contributed by atoms with Crippen molar-refractivity contribution >= 4 is 27.3 Å². The Balaban J connectivity index is 1.83. The van der Waals surface area contributed by atoms with Crippen molar-refractivity contribution in [2.24, 2.45) is 0 Å². The van der Waals surface area contributed by atoms with E-state index in [2.05, 4.69) is 4.72 Å². The molecule has 1 aliphatic rings. The fourth-order valence-electron chi connectivity index (χ4n) is 3.50. The van der Waals surface area contributed by atoms with Gasteiger partial charge in [-0.15, -0.1) is 0 Å². The van der Waals surface area contributed by atoms with Crippen LogP contribution in [-0.2, 0) is 10.0 Å². The van der Waals surface area contributed by atoms with Crippen LogP contribution >= 0.6 is 0 Å². The van der Waals surface area contributed by atoms with Crippen molar-refractivity contribution in [3.05, 3.63) is 70.8 Å². The topological polar surface area (TPSA) is 139 Å². The number of carbonyl (C=O) groups excluding carboxylic acids is 2. The van der Waals surface area contributed by atoms with Gasteiger partial charge in [-0.1, -0.05) is 24.3 Å². The molecule has 3 N–H and O–H groups in total. The standard InChI is InChI=1S/C22H17NO8S/c1-30-11-7-8-17(16(9-11)31-2)32(28,29)23-15-10-14-18(22(27)21(15)26)20(25)13-6-4-3-5-12(13)19(14)24/h3-10,23,26-27H,1-2H3. The molecule has 32 heavy (non-hydrogen) atoms. The lowest BCUT2D eigenvalue weighted by Gasteiger charge is -2.21. The number of benzene rings is 3. The van der Waals surface area contributed by atoms with Crippen LogP contribution in [0.5, 0.6) is 23.0 Å². The molecule has 0 saturated carbocycles. The Morgan fingerprint density at radius 1 is 0.812 bits per heavy atom. The summed E-state index contributed by atoms with van der Waals surface area (Å²) in [7, 11) is -1.65. The zero-order valence-corrected chi connectivity index (χ0v) is 17.7. The Labute approximate surface area is 182 Å². The summed E-state index contributed by atoms with van der Waals surface area (Å²) in [4.78, 5) is 25.4. The van der Waals surface area contributed by atoms with Crippen LogP contribution in [0.15, 0.2) is 53.4 Å². The number of ether oxygens (including phenoxy) is 2. The number of hydrogen-bond acceptors (Lipinski definition) is 8. The van der Waals surface area contributed by atoms with Crippen molar-refractivity contribution in [1.82, 2.24) is 0 Å². The Kier molecular flexibility index (Phi) is 5.02. The third kappa shape index (κ3) is 3.21. The Morgan fingerprint density at radius 2 is 1.47 bits per heavy atom. The second kappa shape index (κ2) is 7.57. The van der Waals surface area contributed by atoms with Crippen LogP contribution in [0.2, 0.25) is 0 Å². The lowest BCUT2D eigenvalue weighted by atomic mass is 9.83. The molecule has 0 fully saturated rings. The summed E-state index contributed by atoms with van der Waals surface area (Å²) in [5.74, 6) is -2.70. The number of phenols is 2. The van der Waals surface area contributed by atoms with Gasteiger partial charge in [-0.2, -0.15) is 0 Å². The minimum Gasteiger partial charge on any atom is -0.504 e. The monoisotopic (exact) mass is 455 g/mol. The molecule has 1 aliphatic carbocycles. The van der Waals surface area contributed by atoms with Crippen LogP contribution in [0.1, 0.15) is 31.8 Å². The molecule has 0 bridgehead atoms. The van der Waals surface area contributed by atoms with Gasteiger partial charge in [0.1, 0.15) is 16.4 Å². The Morgan fingerprint density at radius 3 is 2.09 bits per heavy atom. The molecule has 164 valence electrons. The molecule has 0 saturated heterocycles. The van der Waals surface area contributed by atoms with Gasteiger partial charge in [0.15, 0.2) is 23.1 Å². The average Bonchev–Trinajstić information content (AvgIpc) is 2.79. The van der Waals surface area contributed by atoms with Crippen molar-refractivity contribution in [2.75, 3.05) is 18.9 Å². The number of phenolic OH excluding ortho intramolecular Hbond substituents is 2. The largest absolute Gasteiger partial charge is 0.504 e. The van der Waals surface area contributed by atoms with E-state index in [-0.39, 0.29) is 27.3 Å². The highest BCUT2D eigenvalue weighted by Gasteiger charge is 2.35. The van der Waals surface area contributed by atoms with Gasteiger partial charge in [0, 0.05) is 22.8 Å². The molecular formula is C22H17NO8S. The molecule has 0 spiro atoms. The zero-order valence-electron chi connectivity index (χ0n) is 16.9. The first-order valence-electron chi connectivity index (χ1n) is 9.21. The van der Waals surface area contributed by atoms with Crippen molar-refractivity contribution < 1.29 is 37.7 Å². The van der Waals surface area contributed by atoms with E-state index in [1.807, 2.05) is 0 Å². The molecule has 4 rings (SSSR count). The van der Waals surface area contributed by atoms with Crippen LogP contribution in [0.25, 0.3) is 0 Å². The third-order valence-electron chi connectivity index (χ3n) is 5.07. The number of rotatable bonds is 5. The van der Waals surface area contributed by atoms with E-state index < -0.39 is 44.3 Å². The molecule has 0 amide bonds. The number of carbonyl (C=O) groups is 2. The molecule has 3 aromatic rings. The van der Waals surface area contributed by atoms with E-state index in [9.17, 15) is 28.2 Å². The average molecular weight is 455 g/mol. The van der Waals surface area contributed by atoms with Gasteiger partial charge >= 0.3 is 0 Å². The highest BCUT2D eigenvalue weighted by Crippen LogP contribution is 2.44. The van der Waals surface area contributed by atoms with E-state index in [1.165, 1.54) is 44.6 Å². The summed E-state index contributed by atoms with van der Waals surface area (Å²) in [6.07, 6.45) is 0. The van der Waals surface area contributed by atoms with Crippen molar-refractivity contribution in [2.45, 2.75) is 4.90 Å². The molecule has 0 aliphatic heterocycles. The molecule has 9 nitrogen and oxygen atoms in total. The Hall–Kier alpha value is -4.05. The third-order valence-corrected chi connectivity index (χ3v) is 6.47. The quantitative estimate of drug-likeness (QED) is 0.390. The van der Waals surface area contributed by atoms with Gasteiger partial charge in [-0.05, 0) is 18.2 Å². The van der Waals surface area contributed by atoms with Gasteiger partial charge in [-0.3, -0.25) is 14.3 Å². The minimum absolute atomic E-state index is 0.0290. The predicted octanol–water partition coefficient (Wildman–Crippen LogP) is 2.69. The summed E-state index contributed by atoms with van der Waals surface area (Å²) >= 11 is 0. The molecule has 10 heteroatoms. The number of aromatic hydroxyl groups is 2. The van der Waals surface area contributed by atoms with E-state index in [0.29, 0.717) is 5.75 Å². The summed E-state index contributed by atoms with van der Waals surface area (Å²) in [6, 6.07) is 11.0. The summed E-state index contributed by atoms with van der Waals surface area (Å²) in [6.45, 7) is 0. The minimum atomic E-state index is -4.34. The lowest BCUT2D eigenvalue weighted by Crippen LogP contribution is -2.22. The van der Waals surface area contributed by atoms with Crippen LogP contribution in [0.4, 0.5) is 5.69 Å². The number of ketones is 2. The highest BCUT2D eigenvalue weighted by atomic mass is 32.2. The van der Waals surface area contributed by atoms with Crippen molar-refractivity contribution in [1.29, 1.82) is 0 Å². The van der Waals surface area contributed by atoms with Crippen molar-refractivity contribution in [3.8, 4) is 23.0 Å². The molecule has 0 heterocycles. The second-order valence-electron chi connectivity index (χ2n) is 6.87. The smallest absolute Gasteiger partial charge is 0.265 e. The first kappa shape index (κ1) is 21.2. The highest BCUT2D eigenvalue weighted by molar-refractivity contribution is 7.92. The number of hydrogen-bond donors (Lipinski definition) is 3. The number of fused-ring (bicyclic) bond motifs is 2. The Bertz CT molecular complexity index is 1400. The van der Waals surface area contributed by atoms with Gasteiger partial charge in [-0.25, -0.2) is 8.42 Å². The first-order valence-corrected chi connectivity index (χ1v) is 10.7. The maximum absolute atomic E-state index is 13.0. The molecule has 0 atom stereocenters. The van der Waals surface area contributed by atoms with Gasteiger partial charge < -0.3 is 19.7 Å². The van der Waals surface area contributed by atoms with Crippen molar-refractivity contribution in [3.63, 3.8) is 0 Å². The summed E-state index contributed by atoms with van der Waals surface area (Å²) in [5, 5.41) is 20.9. The number of methoxy groups -OCH3 is 2. The van der Waals surface area contributed by atoms with Crippen LogP contribution in [0, 0.1) is 0 Å². The van der Waals surface area contributed by atoms with Gasteiger partial charge in [0.2, 0.25) is 0 Å². The first-order chi connectivity index (χ1) is 15.2. The maximum atomic E-state index is 13.0. The fourth-order valence-corrected chi connectivity index (χ4v) is 4.71. The molecule has 0 radical (unpaired) electrons.